The van der Waals surface area contributed by atoms with Crippen molar-refractivity contribution in [1.29, 1.82) is 0 Å². The van der Waals surface area contributed by atoms with Gasteiger partial charge in [0, 0.05) is 38.2 Å². The van der Waals surface area contributed by atoms with Crippen molar-refractivity contribution < 1.29 is 8.83 Å². The fourth-order valence-electron chi connectivity index (χ4n) is 8.57. The molecule has 3 aromatic heterocycles. The number of nitrogens with zero attached hydrogens (tertiary/aromatic N) is 3. The van der Waals surface area contributed by atoms with Gasteiger partial charge in [-0.2, -0.15) is 0 Å². The Morgan fingerprint density at radius 2 is 0.914 bits per heavy atom. The fourth-order valence-corrected chi connectivity index (χ4v) is 8.57. The molecule has 0 aliphatic carbocycles. The molecule has 0 unspecified atom stereocenters. The van der Waals surface area contributed by atoms with E-state index in [1.54, 1.807) is 0 Å². The lowest BCUT2D eigenvalue weighted by Gasteiger charge is -2.11. The highest BCUT2D eigenvalue weighted by atomic mass is 16.3. The highest BCUT2D eigenvalue weighted by Gasteiger charge is 2.23. The summed E-state index contributed by atoms with van der Waals surface area (Å²) in [5.74, 6) is 1.64. The zero-order chi connectivity index (χ0) is 38.2. The molecule has 3 heterocycles. The first-order valence-electron chi connectivity index (χ1n) is 19.4. The van der Waals surface area contributed by atoms with Crippen molar-refractivity contribution in [3.05, 3.63) is 188 Å². The van der Waals surface area contributed by atoms with Gasteiger partial charge in [-0.15, -0.1) is 0 Å². The molecule has 9 aromatic carbocycles. The molecular formula is C53H31N3O2. The molecule has 270 valence electrons. The van der Waals surface area contributed by atoms with E-state index in [-0.39, 0.29) is 0 Å². The Bertz CT molecular complexity index is 3580. The highest BCUT2D eigenvalue weighted by molar-refractivity contribution is 6.22. The molecule has 0 atom stereocenters. The number of rotatable bonds is 5. The number of fused-ring (bicyclic) bond motifs is 9. The number of benzene rings is 9. The first kappa shape index (κ1) is 32.4. The van der Waals surface area contributed by atoms with Gasteiger partial charge in [0.1, 0.15) is 22.3 Å². The summed E-state index contributed by atoms with van der Waals surface area (Å²) in [4.78, 5) is 15.9. The summed E-state index contributed by atoms with van der Waals surface area (Å²) in [5.41, 5.74) is 10.0. The smallest absolute Gasteiger partial charge is 0.167 e. The number of aromatic nitrogens is 3. The van der Waals surface area contributed by atoms with E-state index in [4.69, 9.17) is 23.8 Å². The quantitative estimate of drug-likeness (QED) is 0.176. The molecule has 0 aliphatic rings. The normalized spacial score (nSPS) is 11.8. The van der Waals surface area contributed by atoms with Crippen molar-refractivity contribution in [3.8, 4) is 56.4 Å². The van der Waals surface area contributed by atoms with E-state index in [1.807, 2.05) is 30.3 Å². The molecule has 0 saturated heterocycles. The molecule has 0 spiro atoms. The van der Waals surface area contributed by atoms with E-state index in [0.29, 0.717) is 17.5 Å². The van der Waals surface area contributed by atoms with Crippen molar-refractivity contribution in [2.75, 3.05) is 0 Å². The van der Waals surface area contributed by atoms with Crippen LogP contribution in [0.3, 0.4) is 0 Å². The molecule has 0 radical (unpaired) electrons. The maximum Gasteiger partial charge on any atom is 0.167 e. The molecule has 0 saturated carbocycles. The number of hydrogen-bond acceptors (Lipinski definition) is 5. The summed E-state index contributed by atoms with van der Waals surface area (Å²) >= 11 is 0. The van der Waals surface area contributed by atoms with Crippen LogP contribution in [0.2, 0.25) is 0 Å². The third-order valence-corrected chi connectivity index (χ3v) is 11.3. The molecule has 0 amide bonds. The van der Waals surface area contributed by atoms with E-state index < -0.39 is 0 Å². The second-order valence-corrected chi connectivity index (χ2v) is 14.7. The van der Waals surface area contributed by atoms with Gasteiger partial charge in [0.05, 0.1) is 5.56 Å². The van der Waals surface area contributed by atoms with Crippen molar-refractivity contribution in [1.82, 2.24) is 15.0 Å². The van der Waals surface area contributed by atoms with Crippen LogP contribution < -0.4 is 0 Å². The molecule has 5 nitrogen and oxygen atoms in total. The molecular weight excluding hydrogens is 711 g/mol. The summed E-state index contributed by atoms with van der Waals surface area (Å²) < 4.78 is 13.5. The van der Waals surface area contributed by atoms with Gasteiger partial charge in [-0.3, -0.25) is 0 Å². The maximum atomic E-state index is 6.76. The molecule has 0 N–H and O–H groups in total. The standard InChI is InChI=1S/C53H31N3O2/c1-2-13-32(14-3-1)35-18-10-19-38(30-35)51-54-52(56-53(55-51)44-31-36-17-6-7-20-39(36)48-41-21-8-9-25-45(41)57-50(44)48)43-24-12-26-46-47(43)42-23-11-22-40(49(42)58-46)37-28-27-33-15-4-5-16-34(33)29-37/h1-31H. The largest absolute Gasteiger partial charge is 0.455 e. The summed E-state index contributed by atoms with van der Waals surface area (Å²) in [6, 6.07) is 65.0. The Balaban J connectivity index is 1.12. The maximum absolute atomic E-state index is 6.76. The third kappa shape index (κ3) is 5.14. The van der Waals surface area contributed by atoms with Gasteiger partial charge < -0.3 is 8.83 Å². The van der Waals surface area contributed by atoms with Gasteiger partial charge in [-0.1, -0.05) is 158 Å². The average molecular weight is 742 g/mol. The van der Waals surface area contributed by atoms with Gasteiger partial charge >= 0.3 is 0 Å². The van der Waals surface area contributed by atoms with E-state index in [1.165, 1.54) is 10.8 Å². The van der Waals surface area contributed by atoms with Gasteiger partial charge in [-0.05, 0) is 68.6 Å². The van der Waals surface area contributed by atoms with Gasteiger partial charge in [-0.25, -0.2) is 15.0 Å². The minimum atomic E-state index is 0.529. The van der Waals surface area contributed by atoms with Gasteiger partial charge in [0.15, 0.2) is 17.5 Å². The Labute approximate surface area is 332 Å². The van der Waals surface area contributed by atoms with Crippen molar-refractivity contribution in [2.45, 2.75) is 0 Å². The minimum absolute atomic E-state index is 0.529. The van der Waals surface area contributed by atoms with Crippen LogP contribution in [0.4, 0.5) is 0 Å². The van der Waals surface area contributed by atoms with Crippen LogP contribution in [0.15, 0.2) is 197 Å². The van der Waals surface area contributed by atoms with Crippen molar-refractivity contribution in [2.24, 2.45) is 0 Å². The fraction of sp³-hybridized carbons (Fsp3) is 0. The van der Waals surface area contributed by atoms with Gasteiger partial charge in [0.2, 0.25) is 0 Å². The number of furan rings is 2. The third-order valence-electron chi connectivity index (χ3n) is 11.3. The van der Waals surface area contributed by atoms with Crippen LogP contribution in [0.25, 0.3) is 122 Å². The van der Waals surface area contributed by atoms with Crippen LogP contribution >= 0.6 is 0 Å². The van der Waals surface area contributed by atoms with Crippen LogP contribution in [-0.4, -0.2) is 15.0 Å². The lowest BCUT2D eigenvalue weighted by atomic mass is 9.98. The van der Waals surface area contributed by atoms with E-state index in [0.717, 1.165) is 93.6 Å². The molecule has 12 rings (SSSR count). The topological polar surface area (TPSA) is 65.0 Å². The predicted molar refractivity (Wildman–Crippen MR) is 237 cm³/mol. The lowest BCUT2D eigenvalue weighted by Crippen LogP contribution is -2.01. The van der Waals surface area contributed by atoms with Crippen LogP contribution in [-0.2, 0) is 0 Å². The second kappa shape index (κ2) is 12.8. The Morgan fingerprint density at radius 3 is 1.81 bits per heavy atom. The zero-order valence-electron chi connectivity index (χ0n) is 31.1. The van der Waals surface area contributed by atoms with Crippen LogP contribution in [0.1, 0.15) is 0 Å². The summed E-state index contributed by atoms with van der Waals surface area (Å²) in [5, 5.41) is 8.63. The summed E-state index contributed by atoms with van der Waals surface area (Å²) in [6.45, 7) is 0. The van der Waals surface area contributed by atoms with Crippen molar-refractivity contribution in [3.63, 3.8) is 0 Å². The lowest BCUT2D eigenvalue weighted by molar-refractivity contribution is 0.669. The summed E-state index contributed by atoms with van der Waals surface area (Å²) in [6.07, 6.45) is 0. The molecule has 5 heteroatoms. The predicted octanol–water partition coefficient (Wildman–Crippen LogP) is 14.3. The van der Waals surface area contributed by atoms with Gasteiger partial charge in [0.25, 0.3) is 0 Å². The number of para-hydroxylation sites is 2. The first-order valence-corrected chi connectivity index (χ1v) is 19.4. The van der Waals surface area contributed by atoms with Crippen LogP contribution in [0.5, 0.6) is 0 Å². The molecule has 0 fully saturated rings. The average Bonchev–Trinajstić information content (AvgIpc) is 3.88. The van der Waals surface area contributed by atoms with Crippen LogP contribution in [0, 0.1) is 0 Å². The Hall–Kier alpha value is -7.89. The molecule has 58 heavy (non-hydrogen) atoms. The molecule has 12 aromatic rings. The Kier molecular flexibility index (Phi) is 7.16. The van der Waals surface area contributed by atoms with E-state index in [2.05, 4.69) is 158 Å². The minimum Gasteiger partial charge on any atom is -0.455 e. The Morgan fingerprint density at radius 1 is 0.293 bits per heavy atom. The van der Waals surface area contributed by atoms with E-state index in [9.17, 15) is 0 Å². The second-order valence-electron chi connectivity index (χ2n) is 14.7. The van der Waals surface area contributed by atoms with E-state index >= 15 is 0 Å². The monoisotopic (exact) mass is 741 g/mol. The number of hydrogen-bond donors (Lipinski definition) is 0. The first-order chi connectivity index (χ1) is 28.7. The highest BCUT2D eigenvalue weighted by Crippen LogP contribution is 2.43. The molecule has 0 aliphatic heterocycles. The SMILES string of the molecule is c1ccc(-c2cccc(-c3nc(-c4cc5ccccc5c5c4oc4ccccc45)nc(-c4cccc5oc6c(-c7ccc8ccccc8c7)cccc6c45)n3)c2)cc1. The zero-order valence-corrected chi connectivity index (χ0v) is 31.1. The van der Waals surface area contributed by atoms with Crippen molar-refractivity contribution >= 4 is 65.4 Å². The molecule has 0 bridgehead atoms. The summed E-state index contributed by atoms with van der Waals surface area (Å²) in [7, 11) is 0.